The number of nitrogens with zero attached hydrogens (tertiary/aromatic N) is 9. The molecule has 0 spiro atoms. The summed E-state index contributed by atoms with van der Waals surface area (Å²) < 4.78 is 155. The lowest BCUT2D eigenvalue weighted by Crippen LogP contribution is -2.21. The number of carbonyl (C=O) groups is 3. The molecule has 44 nitrogen and oxygen atoms in total. The molecule has 109 heavy (non-hydrogen) atoms. The van der Waals surface area contributed by atoms with Gasteiger partial charge in [-0.1, -0.05) is 40.9 Å². The molecule has 8 aromatic rings. The van der Waals surface area contributed by atoms with Gasteiger partial charge in [0.2, 0.25) is 17.1 Å². The number of aromatic hydroxyl groups is 2. The highest BCUT2D eigenvalue weighted by Gasteiger charge is 2.29. The van der Waals surface area contributed by atoms with Gasteiger partial charge in [-0.05, 0) is 139 Å². The minimum absolute atomic E-state index is 0.0323. The third kappa shape index (κ3) is 26.0. The zero-order chi connectivity index (χ0) is 81.5. The Bertz CT molecular complexity index is 5300. The van der Waals surface area contributed by atoms with Gasteiger partial charge < -0.3 is 48.7 Å². The Hall–Kier alpha value is -9.10. The molecule has 0 fully saturated rings. The molecule has 0 aliphatic rings. The van der Waals surface area contributed by atoms with Gasteiger partial charge in [0, 0.05) is 43.5 Å². The summed E-state index contributed by atoms with van der Waals surface area (Å²) >= 11 is 5.98. The molecular formula is C56H60ClN15O29S8. The highest BCUT2D eigenvalue weighted by molar-refractivity contribution is 7.95. The van der Waals surface area contributed by atoms with E-state index in [4.69, 9.17) is 44.0 Å². The number of nitrogen functional groups attached to an aromatic ring is 4. The van der Waals surface area contributed by atoms with Crippen LogP contribution in [0.25, 0.3) is 21.5 Å². The molecule has 8 rings (SSSR count). The molecule has 0 radical (unpaired) electrons. The average molecular weight is 1700 g/mol. The molecule has 0 heterocycles. The summed E-state index contributed by atoms with van der Waals surface area (Å²) in [5.74, 6) is -2.68. The summed E-state index contributed by atoms with van der Waals surface area (Å²) in [5, 5.41) is 106. The smallest absolute Gasteiger partial charge is 0.296 e. The lowest BCUT2D eigenvalue weighted by molar-refractivity contribution is -0.432. The molecule has 53 heteroatoms. The molecule has 0 saturated carbocycles. The number of phenols is 2. The first-order valence-electron chi connectivity index (χ1n) is 29.1. The van der Waals surface area contributed by atoms with Gasteiger partial charge >= 0.3 is 0 Å². The number of carbonyl (C=O) groups excluding carboxylic acids is 3. The van der Waals surface area contributed by atoms with Crippen LogP contribution in [0.15, 0.2) is 177 Å². The Kier molecular flexibility index (Phi) is 34.1. The highest BCUT2D eigenvalue weighted by atomic mass is 35.5. The fourth-order valence-electron chi connectivity index (χ4n) is 8.79. The summed E-state index contributed by atoms with van der Waals surface area (Å²) in [6.07, 6.45) is 0. The van der Waals surface area contributed by atoms with Crippen LogP contribution in [-0.4, -0.2) is 125 Å². The van der Waals surface area contributed by atoms with Crippen molar-refractivity contribution in [3.63, 3.8) is 0 Å². The molecule has 588 valence electrons. The van der Waals surface area contributed by atoms with Gasteiger partial charge in [0.25, 0.3) is 40.5 Å². The normalized spacial score (nSPS) is 12.0. The molecule has 0 saturated heterocycles. The van der Waals surface area contributed by atoms with Crippen molar-refractivity contribution < 1.29 is 135 Å². The quantitative estimate of drug-likeness (QED) is 0.00394. The third-order valence-corrected chi connectivity index (χ3v) is 19.3. The van der Waals surface area contributed by atoms with E-state index in [0.29, 0.717) is 24.1 Å². The standard InChI is InChI=1S/C26H23N7O15S4.C22H19N7O13S4.C6H15N.C2H3ClO/c1-11(34)28-14-3-5-18(49-47-45-37)16(9-14)30-33-25-21(52(42,43)44)8-13-7-19(50-48-46-38)24(26(36)22(13)23(25)27)32-31-17-10-15(29-12(2)35)4-6-20(17)51(39,40)41;23-10-1-3-14(43-41-39-31)12(7-10)26-29-21-17(46(36,37)38)6-9-5-15(44-42-40-32)20(22(30)18(9)19(21)25)28-27-13-8-11(24)2-4-16(13)45(33,34)35;1-4-7(5-2)6-3;1-2(3)4/h3-10,36-38H,27H2,1-2H3,(H,28,34)(H,29,35)(H,39,40,41)(H,42,43,44);1-8,30-32H,23-25H2,(H,33,34,35)(H,36,37,38);4-6H2,1-3H3;1H3. The Morgan fingerprint density at radius 2 is 0.716 bits per heavy atom. The van der Waals surface area contributed by atoms with E-state index in [1.54, 1.807) is 0 Å². The van der Waals surface area contributed by atoms with E-state index in [-0.39, 0.29) is 105 Å². The van der Waals surface area contributed by atoms with Crippen LogP contribution in [0.2, 0.25) is 0 Å². The van der Waals surface area contributed by atoms with Crippen molar-refractivity contribution in [2.75, 3.05) is 53.2 Å². The fourth-order valence-corrected chi connectivity index (χ4v) is 13.2. The number of amides is 2. The van der Waals surface area contributed by atoms with Crippen molar-refractivity contribution in [3.05, 3.63) is 97.1 Å². The second-order valence-electron chi connectivity index (χ2n) is 20.5. The van der Waals surface area contributed by atoms with E-state index in [1.165, 1.54) is 82.9 Å². The molecule has 0 aromatic heterocycles. The van der Waals surface area contributed by atoms with Crippen LogP contribution in [0.5, 0.6) is 11.5 Å². The van der Waals surface area contributed by atoms with Crippen LogP contribution < -0.4 is 33.6 Å². The number of phenolic OH excluding ortho intramolecular Hbond substituents is 2. The summed E-state index contributed by atoms with van der Waals surface area (Å²) in [4.78, 5) is 31.3. The Balaban J connectivity index is 0.000000345. The second-order valence-corrected chi connectivity index (χ2v) is 29.6. The number of fused-ring (bicyclic) bond motifs is 2. The maximum absolute atomic E-state index is 12.5. The zero-order valence-electron chi connectivity index (χ0n) is 56.1. The molecule has 0 aliphatic heterocycles. The number of hydrogen-bond donors (Lipinski definition) is 16. The van der Waals surface area contributed by atoms with Gasteiger partial charge in [-0.15, -0.1) is 58.2 Å². The van der Waals surface area contributed by atoms with Crippen LogP contribution in [0.3, 0.4) is 0 Å². The first kappa shape index (κ1) is 90.5. The largest absolute Gasteiger partial charge is 0.505 e. The molecule has 20 N–H and O–H groups in total. The van der Waals surface area contributed by atoms with Crippen molar-refractivity contribution in [2.24, 2.45) is 40.9 Å². The maximum atomic E-state index is 12.5. The van der Waals surface area contributed by atoms with Crippen LogP contribution in [0, 0.1) is 0 Å². The number of halogens is 1. The third-order valence-electron chi connectivity index (χ3n) is 13.3. The summed E-state index contributed by atoms with van der Waals surface area (Å²) in [6, 6.07) is 18.4. The van der Waals surface area contributed by atoms with E-state index in [1.807, 2.05) is 0 Å². The Morgan fingerprint density at radius 1 is 0.422 bits per heavy atom. The molecule has 0 aliphatic carbocycles. The maximum Gasteiger partial charge on any atom is 0.296 e. The lowest BCUT2D eigenvalue weighted by atomic mass is 10.1. The molecule has 0 bridgehead atoms. The summed E-state index contributed by atoms with van der Waals surface area (Å²) in [6.45, 7) is 13.8. The number of nitrogens with two attached hydrogens (primary N) is 4. The first-order chi connectivity index (χ1) is 51.2. The number of rotatable bonds is 29. The summed E-state index contributed by atoms with van der Waals surface area (Å²) in [5.41, 5.74) is 19.8. The van der Waals surface area contributed by atoms with Gasteiger partial charge in [-0.2, -0.15) is 33.7 Å². The van der Waals surface area contributed by atoms with Gasteiger partial charge in [0.15, 0.2) is 11.5 Å². The van der Waals surface area contributed by atoms with Crippen LogP contribution in [0.1, 0.15) is 41.5 Å². The first-order valence-corrected chi connectivity index (χ1v) is 38.2. The van der Waals surface area contributed by atoms with E-state index < -0.39 is 129 Å². The number of anilines is 6. The molecule has 2 amide bonds. The summed E-state index contributed by atoms with van der Waals surface area (Å²) in [7, 11) is -19.9. The number of hydrogen-bond acceptors (Lipinski definition) is 42. The van der Waals surface area contributed by atoms with Crippen molar-refractivity contribution in [3.8, 4) is 11.5 Å². The molecule has 8 aromatic carbocycles. The van der Waals surface area contributed by atoms with E-state index in [9.17, 15) is 76.5 Å². The SMILES string of the molecule is CC(=O)Cl.CC(=O)Nc1ccc(SOOO)c(N=Nc2c(S(=O)(=O)O)cc3cc(SOOO)c(N=Nc4cc(NC(C)=O)ccc4S(=O)(=O)O)c(O)c3c2N)c1.CCN(CC)CC.Nc1ccc(SOOO)c(N=Nc2c(S(=O)(=O)O)cc3cc(SOOO)c(N=Nc4cc(N)ccc4S(=O)(=O)O)c(O)c3c2N)c1. The molecule has 0 atom stereocenters. The van der Waals surface area contributed by atoms with Crippen molar-refractivity contribution in [1.29, 1.82) is 0 Å². The van der Waals surface area contributed by atoms with Crippen LogP contribution in [-0.2, 0) is 92.3 Å². The number of benzene rings is 8. The zero-order valence-corrected chi connectivity index (χ0v) is 63.4. The minimum Gasteiger partial charge on any atom is -0.505 e. The van der Waals surface area contributed by atoms with Crippen molar-refractivity contribution >= 4 is 218 Å². The van der Waals surface area contributed by atoms with Crippen LogP contribution in [0.4, 0.5) is 79.6 Å². The molecular weight excluding hydrogens is 1640 g/mol. The predicted molar refractivity (Wildman–Crippen MR) is 392 cm³/mol. The van der Waals surface area contributed by atoms with Gasteiger partial charge in [0.05, 0.1) is 89.9 Å². The number of azo groups is 4. The van der Waals surface area contributed by atoms with E-state index in [2.05, 4.69) is 126 Å². The second kappa shape index (κ2) is 41.1. The van der Waals surface area contributed by atoms with Gasteiger partial charge in [-0.3, -0.25) is 32.6 Å². The van der Waals surface area contributed by atoms with Gasteiger partial charge in [-0.25, -0.2) is 21.0 Å². The Labute approximate surface area is 637 Å². The molecule has 0 unspecified atom stereocenters. The predicted octanol–water partition coefficient (Wildman–Crippen LogP) is 13.8. The topological polar surface area (TPSA) is 694 Å². The number of nitrogens with one attached hydrogen (secondary N) is 2. The fraction of sp³-hybridized carbons (Fsp3) is 0.161. The van der Waals surface area contributed by atoms with Crippen molar-refractivity contribution in [1.82, 2.24) is 4.90 Å². The minimum atomic E-state index is -5.14. The van der Waals surface area contributed by atoms with E-state index >= 15 is 0 Å². The van der Waals surface area contributed by atoms with E-state index in [0.717, 1.165) is 54.6 Å². The monoisotopic (exact) mass is 1700 g/mol. The highest BCUT2D eigenvalue weighted by Crippen LogP contribution is 2.53. The lowest BCUT2D eigenvalue weighted by Gasteiger charge is -2.14. The Morgan fingerprint density at radius 3 is 1.06 bits per heavy atom. The van der Waals surface area contributed by atoms with Crippen molar-refractivity contribution in [2.45, 2.75) is 80.7 Å². The van der Waals surface area contributed by atoms with Gasteiger partial charge in [0.1, 0.15) is 65.1 Å². The van der Waals surface area contributed by atoms with Crippen LogP contribution >= 0.6 is 59.8 Å². The average Bonchev–Trinajstić information content (AvgIpc) is 0.751.